The SMILES string of the molecule is CCCN(CC1CC1)C(=O)Cn1nc(C)c2ccccc2c1=O. The van der Waals surface area contributed by atoms with E-state index in [1.807, 2.05) is 30.0 Å². The first-order chi connectivity index (χ1) is 11.1. The standard InChI is InChI=1S/C18H23N3O2/c1-3-10-20(11-14-8-9-14)17(22)12-21-18(23)16-7-5-4-6-15(16)13(2)19-21/h4-7,14H,3,8-12H2,1-2H3. The van der Waals surface area contributed by atoms with Gasteiger partial charge in [-0.2, -0.15) is 5.10 Å². The van der Waals surface area contributed by atoms with Crippen LogP contribution in [0, 0.1) is 12.8 Å². The molecule has 1 amide bonds. The highest BCUT2D eigenvalue weighted by Crippen LogP contribution is 2.29. The van der Waals surface area contributed by atoms with Crippen molar-refractivity contribution in [1.29, 1.82) is 0 Å². The van der Waals surface area contributed by atoms with Crippen LogP contribution in [-0.2, 0) is 11.3 Å². The zero-order chi connectivity index (χ0) is 16.4. The predicted octanol–water partition coefficient (Wildman–Crippen LogP) is 2.35. The van der Waals surface area contributed by atoms with Crippen molar-refractivity contribution in [2.24, 2.45) is 5.92 Å². The maximum absolute atomic E-state index is 12.6. The fourth-order valence-electron chi connectivity index (χ4n) is 2.94. The highest BCUT2D eigenvalue weighted by Gasteiger charge is 2.26. The number of hydrogen-bond donors (Lipinski definition) is 0. The van der Waals surface area contributed by atoms with Gasteiger partial charge in [0.25, 0.3) is 5.56 Å². The maximum atomic E-state index is 12.6. The summed E-state index contributed by atoms with van der Waals surface area (Å²) in [7, 11) is 0. The van der Waals surface area contributed by atoms with Crippen LogP contribution >= 0.6 is 0 Å². The molecule has 5 heteroatoms. The Hall–Kier alpha value is -2.17. The Morgan fingerprint density at radius 3 is 2.65 bits per heavy atom. The van der Waals surface area contributed by atoms with Crippen molar-refractivity contribution in [2.75, 3.05) is 13.1 Å². The Kier molecular flexibility index (Phi) is 4.46. The van der Waals surface area contributed by atoms with E-state index in [9.17, 15) is 9.59 Å². The molecule has 2 aromatic rings. The monoisotopic (exact) mass is 313 g/mol. The van der Waals surface area contributed by atoms with Crippen LogP contribution < -0.4 is 5.56 Å². The number of carbonyl (C=O) groups is 1. The van der Waals surface area contributed by atoms with Gasteiger partial charge in [-0.15, -0.1) is 0 Å². The quantitative estimate of drug-likeness (QED) is 0.822. The molecular weight excluding hydrogens is 290 g/mol. The predicted molar refractivity (Wildman–Crippen MR) is 90.3 cm³/mol. The van der Waals surface area contributed by atoms with Gasteiger partial charge in [0.2, 0.25) is 5.91 Å². The summed E-state index contributed by atoms with van der Waals surface area (Å²) in [5.41, 5.74) is 0.583. The van der Waals surface area contributed by atoms with Crippen LogP contribution in [0.5, 0.6) is 0 Å². The van der Waals surface area contributed by atoms with E-state index >= 15 is 0 Å². The minimum atomic E-state index is -0.192. The van der Waals surface area contributed by atoms with Crippen molar-refractivity contribution < 1.29 is 4.79 Å². The summed E-state index contributed by atoms with van der Waals surface area (Å²) in [5.74, 6) is 0.636. The third-order valence-electron chi connectivity index (χ3n) is 4.36. The number of aryl methyl sites for hydroxylation is 1. The number of rotatable bonds is 6. The molecule has 1 aliphatic carbocycles. The van der Waals surface area contributed by atoms with Crippen LogP contribution in [0.4, 0.5) is 0 Å². The fraction of sp³-hybridized carbons (Fsp3) is 0.500. The Bertz CT molecular complexity index is 777. The zero-order valence-corrected chi connectivity index (χ0v) is 13.8. The summed E-state index contributed by atoms with van der Waals surface area (Å²) in [5, 5.41) is 5.81. The Morgan fingerprint density at radius 1 is 1.30 bits per heavy atom. The number of benzene rings is 1. The minimum absolute atomic E-state index is 0.0111. The van der Waals surface area contributed by atoms with E-state index in [0.29, 0.717) is 11.3 Å². The van der Waals surface area contributed by atoms with Crippen molar-refractivity contribution in [3.63, 3.8) is 0 Å². The first-order valence-corrected chi connectivity index (χ1v) is 8.34. The maximum Gasteiger partial charge on any atom is 0.275 e. The summed E-state index contributed by atoms with van der Waals surface area (Å²) in [6, 6.07) is 7.42. The molecule has 0 saturated heterocycles. The molecule has 1 aliphatic rings. The number of nitrogens with zero attached hydrogens (tertiary/aromatic N) is 3. The average molecular weight is 313 g/mol. The summed E-state index contributed by atoms with van der Waals surface area (Å²) in [4.78, 5) is 27.0. The van der Waals surface area contributed by atoms with Crippen molar-refractivity contribution in [1.82, 2.24) is 14.7 Å². The van der Waals surface area contributed by atoms with Gasteiger partial charge in [-0.1, -0.05) is 25.1 Å². The van der Waals surface area contributed by atoms with E-state index < -0.39 is 0 Å². The van der Waals surface area contributed by atoms with E-state index in [2.05, 4.69) is 12.0 Å². The lowest BCUT2D eigenvalue weighted by Gasteiger charge is -2.22. The van der Waals surface area contributed by atoms with Crippen LogP contribution in [0.25, 0.3) is 10.8 Å². The first kappa shape index (κ1) is 15.7. The molecular formula is C18H23N3O2. The molecule has 0 spiro atoms. The number of carbonyl (C=O) groups excluding carboxylic acids is 1. The van der Waals surface area contributed by atoms with Crippen LogP contribution in [0.3, 0.4) is 0 Å². The van der Waals surface area contributed by atoms with Gasteiger partial charge >= 0.3 is 0 Å². The van der Waals surface area contributed by atoms with Crippen molar-refractivity contribution >= 4 is 16.7 Å². The van der Waals surface area contributed by atoms with Crippen molar-refractivity contribution in [2.45, 2.75) is 39.7 Å². The second-order valence-corrected chi connectivity index (χ2v) is 6.38. The molecule has 5 nitrogen and oxygen atoms in total. The second kappa shape index (κ2) is 6.52. The highest BCUT2D eigenvalue weighted by molar-refractivity contribution is 5.83. The van der Waals surface area contributed by atoms with E-state index in [1.165, 1.54) is 17.5 Å². The zero-order valence-electron chi connectivity index (χ0n) is 13.8. The summed E-state index contributed by atoms with van der Waals surface area (Å²) < 4.78 is 1.32. The summed E-state index contributed by atoms with van der Waals surface area (Å²) >= 11 is 0. The largest absolute Gasteiger partial charge is 0.341 e. The molecule has 1 aromatic carbocycles. The molecule has 1 heterocycles. The van der Waals surface area contributed by atoms with Gasteiger partial charge in [-0.3, -0.25) is 9.59 Å². The summed E-state index contributed by atoms with van der Waals surface area (Å²) in [6.45, 7) is 5.52. The summed E-state index contributed by atoms with van der Waals surface area (Å²) in [6.07, 6.45) is 3.35. The molecule has 23 heavy (non-hydrogen) atoms. The molecule has 3 rings (SSSR count). The molecule has 0 aliphatic heterocycles. The molecule has 0 radical (unpaired) electrons. The number of hydrogen-bond acceptors (Lipinski definition) is 3. The lowest BCUT2D eigenvalue weighted by atomic mass is 10.1. The van der Waals surface area contributed by atoms with Crippen LogP contribution in [0.2, 0.25) is 0 Å². The molecule has 0 unspecified atom stereocenters. The van der Waals surface area contributed by atoms with E-state index in [-0.39, 0.29) is 18.0 Å². The Balaban J connectivity index is 1.86. The van der Waals surface area contributed by atoms with E-state index in [4.69, 9.17) is 0 Å². The molecule has 1 aromatic heterocycles. The molecule has 1 saturated carbocycles. The Labute approximate surface area is 135 Å². The molecule has 0 atom stereocenters. The van der Waals surface area contributed by atoms with Gasteiger partial charge in [-0.05, 0) is 38.2 Å². The third-order valence-corrected chi connectivity index (χ3v) is 4.36. The van der Waals surface area contributed by atoms with E-state index in [1.54, 1.807) is 6.07 Å². The van der Waals surface area contributed by atoms with Crippen LogP contribution in [0.15, 0.2) is 29.1 Å². The van der Waals surface area contributed by atoms with Gasteiger partial charge in [0, 0.05) is 18.5 Å². The second-order valence-electron chi connectivity index (χ2n) is 6.38. The number of amides is 1. The van der Waals surface area contributed by atoms with Gasteiger partial charge < -0.3 is 4.90 Å². The number of fused-ring (bicyclic) bond motifs is 1. The average Bonchev–Trinajstić information content (AvgIpc) is 3.36. The molecule has 0 bridgehead atoms. The van der Waals surface area contributed by atoms with Crippen molar-refractivity contribution in [3.05, 3.63) is 40.3 Å². The normalized spacial score (nSPS) is 14.2. The topological polar surface area (TPSA) is 55.2 Å². The number of aromatic nitrogens is 2. The highest BCUT2D eigenvalue weighted by atomic mass is 16.2. The fourth-order valence-corrected chi connectivity index (χ4v) is 2.94. The van der Waals surface area contributed by atoms with Gasteiger partial charge in [0.1, 0.15) is 6.54 Å². The molecule has 0 N–H and O–H groups in total. The minimum Gasteiger partial charge on any atom is -0.341 e. The van der Waals surface area contributed by atoms with Gasteiger partial charge in [0.05, 0.1) is 11.1 Å². The van der Waals surface area contributed by atoms with Gasteiger partial charge in [0.15, 0.2) is 0 Å². The lowest BCUT2D eigenvalue weighted by molar-refractivity contribution is -0.132. The first-order valence-electron chi connectivity index (χ1n) is 8.34. The Morgan fingerprint density at radius 2 is 2.00 bits per heavy atom. The van der Waals surface area contributed by atoms with Crippen molar-refractivity contribution in [3.8, 4) is 0 Å². The van der Waals surface area contributed by atoms with Crippen LogP contribution in [-0.4, -0.2) is 33.7 Å². The van der Waals surface area contributed by atoms with Crippen LogP contribution in [0.1, 0.15) is 31.9 Å². The van der Waals surface area contributed by atoms with Gasteiger partial charge in [-0.25, -0.2) is 4.68 Å². The smallest absolute Gasteiger partial charge is 0.275 e. The van der Waals surface area contributed by atoms with E-state index in [0.717, 1.165) is 30.6 Å². The lowest BCUT2D eigenvalue weighted by Crippen LogP contribution is -2.39. The third kappa shape index (κ3) is 3.44. The molecule has 122 valence electrons. The molecule has 1 fully saturated rings.